The summed E-state index contributed by atoms with van der Waals surface area (Å²) in [6.07, 6.45) is 1.70. The molecular weight excluding hydrogens is 268 g/mol. The van der Waals surface area contributed by atoms with Gasteiger partial charge in [0.15, 0.2) is 0 Å². The van der Waals surface area contributed by atoms with Crippen LogP contribution in [0.2, 0.25) is 0 Å². The van der Waals surface area contributed by atoms with Gasteiger partial charge in [0.25, 0.3) is 0 Å². The van der Waals surface area contributed by atoms with Crippen LogP contribution in [0.25, 0.3) is 0 Å². The normalized spacial score (nSPS) is 17.9. The zero-order valence-corrected chi connectivity index (χ0v) is 13.0. The van der Waals surface area contributed by atoms with Crippen molar-refractivity contribution in [3.63, 3.8) is 0 Å². The predicted molar refractivity (Wildman–Crippen MR) is 72.1 cm³/mol. The lowest BCUT2D eigenvalue weighted by atomic mass is 9.88. The third-order valence-electron chi connectivity index (χ3n) is 2.72. The molecule has 0 spiro atoms. The minimum atomic E-state index is -0.213. The summed E-state index contributed by atoms with van der Waals surface area (Å²) in [7, 11) is 0. The van der Waals surface area contributed by atoms with E-state index >= 15 is 0 Å². The zero-order chi connectivity index (χ0) is 13.0. The largest absolute Gasteiger partial charge is 0.370 e. The second-order valence-corrected chi connectivity index (χ2v) is 6.28. The Bertz CT molecular complexity index is 233. The number of Topliss-reactive ketones (excluding diaryl/α,β-unsaturated/α-hetero) is 1. The Labute approximate surface area is 108 Å². The first-order valence-electron chi connectivity index (χ1n) is 5.92. The third kappa shape index (κ3) is 6.00. The number of ether oxygens (including phenoxy) is 1. The average Bonchev–Trinajstić information content (AvgIpc) is 2.13. The number of hydrogen-bond acceptors (Lipinski definition) is 2. The molecule has 0 heterocycles. The molecule has 16 heavy (non-hydrogen) atoms. The highest BCUT2D eigenvalue weighted by Gasteiger charge is 2.32. The predicted octanol–water partition coefficient (Wildman–Crippen LogP) is 3.96. The summed E-state index contributed by atoms with van der Waals surface area (Å²) in [5.41, 5.74) is -0.378. The summed E-state index contributed by atoms with van der Waals surface area (Å²) in [5.74, 6) is 0.295. The van der Waals surface area contributed by atoms with Crippen LogP contribution in [0.4, 0.5) is 0 Å². The van der Waals surface area contributed by atoms with Gasteiger partial charge in [-0.25, -0.2) is 0 Å². The van der Waals surface area contributed by atoms with Gasteiger partial charge in [-0.2, -0.15) is 0 Å². The molecule has 0 aromatic rings. The fraction of sp³-hybridized carbons (Fsp3) is 0.923. The lowest BCUT2D eigenvalue weighted by Gasteiger charge is -2.37. The molecule has 0 aliphatic rings. The molecule has 2 nitrogen and oxygen atoms in total. The highest BCUT2D eigenvalue weighted by Crippen LogP contribution is 2.30. The second kappa shape index (κ2) is 6.15. The van der Waals surface area contributed by atoms with E-state index in [0.717, 1.165) is 12.8 Å². The molecule has 0 rings (SSSR count). The van der Waals surface area contributed by atoms with E-state index in [1.807, 2.05) is 6.92 Å². The molecule has 0 bridgehead atoms. The molecule has 96 valence electrons. The van der Waals surface area contributed by atoms with Crippen molar-refractivity contribution in [2.24, 2.45) is 5.92 Å². The fourth-order valence-corrected chi connectivity index (χ4v) is 2.44. The molecular formula is C13H25BrO2. The van der Waals surface area contributed by atoms with Crippen LogP contribution in [0.3, 0.4) is 0 Å². The monoisotopic (exact) mass is 292 g/mol. The first-order chi connectivity index (χ1) is 7.13. The quantitative estimate of drug-likeness (QED) is 0.693. The maximum Gasteiger partial charge on any atom is 0.146 e. The number of halogens is 1. The molecule has 0 saturated carbocycles. The van der Waals surface area contributed by atoms with Crippen molar-refractivity contribution in [3.05, 3.63) is 0 Å². The smallest absolute Gasteiger partial charge is 0.146 e. The van der Waals surface area contributed by atoms with Gasteiger partial charge < -0.3 is 4.74 Å². The number of carbonyl (C=O) groups excluding carboxylic acids is 1. The number of carbonyl (C=O) groups is 1. The van der Waals surface area contributed by atoms with E-state index in [1.165, 1.54) is 0 Å². The highest BCUT2D eigenvalue weighted by molar-refractivity contribution is 9.09. The lowest BCUT2D eigenvalue weighted by molar-refractivity contribution is -0.141. The minimum Gasteiger partial charge on any atom is -0.370 e. The van der Waals surface area contributed by atoms with Gasteiger partial charge in [0, 0.05) is 5.92 Å². The Morgan fingerprint density at radius 3 is 2.12 bits per heavy atom. The zero-order valence-electron chi connectivity index (χ0n) is 11.4. The van der Waals surface area contributed by atoms with Crippen molar-refractivity contribution in [2.75, 3.05) is 5.33 Å². The van der Waals surface area contributed by atoms with E-state index in [4.69, 9.17) is 4.74 Å². The van der Waals surface area contributed by atoms with Crippen molar-refractivity contribution in [2.45, 2.75) is 65.6 Å². The van der Waals surface area contributed by atoms with Gasteiger partial charge in [-0.3, -0.25) is 4.79 Å². The van der Waals surface area contributed by atoms with Crippen LogP contribution in [0.5, 0.6) is 0 Å². The lowest BCUT2D eigenvalue weighted by Crippen LogP contribution is -2.39. The second-order valence-electron chi connectivity index (χ2n) is 5.72. The Morgan fingerprint density at radius 1 is 1.31 bits per heavy atom. The number of alkyl halides is 1. The fourth-order valence-electron chi connectivity index (χ4n) is 1.89. The Morgan fingerprint density at radius 2 is 1.81 bits per heavy atom. The SMILES string of the molecule is CCC(C)(CC(C)C(=O)CBr)OC(C)(C)C. The van der Waals surface area contributed by atoms with Gasteiger partial charge >= 0.3 is 0 Å². The van der Waals surface area contributed by atoms with Gasteiger partial charge in [-0.15, -0.1) is 0 Å². The topological polar surface area (TPSA) is 26.3 Å². The maximum atomic E-state index is 11.6. The standard InChI is InChI=1S/C13H25BrO2/c1-7-13(6,16-12(3,4)5)8-10(2)11(15)9-14/h10H,7-9H2,1-6H3. The highest BCUT2D eigenvalue weighted by atomic mass is 79.9. The number of hydrogen-bond donors (Lipinski definition) is 0. The molecule has 0 fully saturated rings. The van der Waals surface area contributed by atoms with Crippen LogP contribution in [0.1, 0.15) is 54.4 Å². The molecule has 3 heteroatoms. The van der Waals surface area contributed by atoms with Gasteiger partial charge in [0.1, 0.15) is 5.78 Å². The summed E-state index contributed by atoms with van der Waals surface area (Å²) < 4.78 is 6.07. The van der Waals surface area contributed by atoms with Crippen LogP contribution in [-0.2, 0) is 9.53 Å². The van der Waals surface area contributed by atoms with Crippen molar-refractivity contribution in [1.82, 2.24) is 0 Å². The van der Waals surface area contributed by atoms with Gasteiger partial charge in [-0.05, 0) is 40.5 Å². The van der Waals surface area contributed by atoms with Crippen LogP contribution >= 0.6 is 15.9 Å². The van der Waals surface area contributed by atoms with E-state index in [0.29, 0.717) is 5.33 Å². The van der Waals surface area contributed by atoms with E-state index < -0.39 is 0 Å². The van der Waals surface area contributed by atoms with E-state index in [-0.39, 0.29) is 22.9 Å². The molecule has 0 aliphatic heterocycles. The summed E-state index contributed by atoms with van der Waals surface area (Å²) in [5, 5.41) is 0.434. The first-order valence-corrected chi connectivity index (χ1v) is 7.04. The summed E-state index contributed by atoms with van der Waals surface area (Å²) in [4.78, 5) is 11.6. The minimum absolute atomic E-state index is 0.0478. The van der Waals surface area contributed by atoms with Crippen LogP contribution < -0.4 is 0 Å². The molecule has 0 radical (unpaired) electrons. The number of ketones is 1. The van der Waals surface area contributed by atoms with Gasteiger partial charge in [0.05, 0.1) is 16.5 Å². The number of rotatable bonds is 6. The molecule has 2 unspecified atom stereocenters. The molecule has 0 aliphatic carbocycles. The van der Waals surface area contributed by atoms with E-state index in [1.54, 1.807) is 0 Å². The summed E-state index contributed by atoms with van der Waals surface area (Å²) >= 11 is 3.22. The van der Waals surface area contributed by atoms with Gasteiger partial charge in [0.2, 0.25) is 0 Å². The molecule has 2 atom stereocenters. The maximum absolute atomic E-state index is 11.6. The molecule has 0 saturated heterocycles. The van der Waals surface area contributed by atoms with Crippen molar-refractivity contribution < 1.29 is 9.53 Å². The van der Waals surface area contributed by atoms with Gasteiger partial charge in [-0.1, -0.05) is 29.8 Å². The molecule has 0 N–H and O–H groups in total. The van der Waals surface area contributed by atoms with E-state index in [2.05, 4.69) is 50.5 Å². The summed E-state index contributed by atoms with van der Waals surface area (Å²) in [6, 6.07) is 0. The Balaban J connectivity index is 4.54. The van der Waals surface area contributed by atoms with Crippen molar-refractivity contribution in [1.29, 1.82) is 0 Å². The Hall–Kier alpha value is 0.110. The summed E-state index contributed by atoms with van der Waals surface area (Å²) in [6.45, 7) is 12.3. The molecule has 0 amide bonds. The van der Waals surface area contributed by atoms with Crippen molar-refractivity contribution >= 4 is 21.7 Å². The van der Waals surface area contributed by atoms with Crippen molar-refractivity contribution in [3.8, 4) is 0 Å². The van der Waals surface area contributed by atoms with E-state index in [9.17, 15) is 4.79 Å². The molecule has 0 aromatic heterocycles. The average molecular weight is 293 g/mol. The third-order valence-corrected chi connectivity index (χ3v) is 3.27. The molecule has 0 aromatic carbocycles. The Kier molecular flexibility index (Phi) is 6.20. The first kappa shape index (κ1) is 16.1. The van der Waals surface area contributed by atoms with Crippen LogP contribution in [0.15, 0.2) is 0 Å². The van der Waals surface area contributed by atoms with Crippen LogP contribution in [-0.4, -0.2) is 22.3 Å². The van der Waals surface area contributed by atoms with Crippen LogP contribution in [0, 0.1) is 5.92 Å².